The maximum Gasteiger partial charge on any atom is 2.00 e. The summed E-state index contributed by atoms with van der Waals surface area (Å²) in [5, 5.41) is 12.7. The maximum absolute atomic E-state index is 12.2. The number of nitrogens with zero attached hydrogens (tertiary/aromatic N) is 2. The van der Waals surface area contributed by atoms with E-state index in [1.807, 2.05) is 0 Å². The number of rotatable bonds is 6. The van der Waals surface area contributed by atoms with E-state index in [0.717, 1.165) is 23.5 Å². The van der Waals surface area contributed by atoms with Crippen LogP contribution in [0.3, 0.4) is 0 Å². The van der Waals surface area contributed by atoms with Crippen molar-refractivity contribution in [1.29, 1.82) is 0 Å². The van der Waals surface area contributed by atoms with Crippen molar-refractivity contribution in [1.82, 2.24) is 0 Å². The van der Waals surface area contributed by atoms with Crippen LogP contribution in [0.25, 0.3) is 10.6 Å². The number of anilines is 2. The molecule has 19 heteroatoms. The largest absolute Gasteiger partial charge is 2.00 e. The number of carbonyl (C=O) groups is 4. The van der Waals surface area contributed by atoms with Gasteiger partial charge in [0.1, 0.15) is 0 Å². The van der Waals surface area contributed by atoms with Crippen LogP contribution in [0.2, 0.25) is 0 Å². The van der Waals surface area contributed by atoms with Crippen molar-refractivity contribution in [2.45, 2.75) is 36.0 Å². The molecule has 2 aromatic carbocycles. The Balaban J connectivity index is 0.000000307. The molecule has 1 radical (unpaired) electrons. The van der Waals surface area contributed by atoms with E-state index in [4.69, 9.17) is 9.47 Å². The zero-order chi connectivity index (χ0) is 32.7. The summed E-state index contributed by atoms with van der Waals surface area (Å²) in [6, 6.07) is 9.22. The number of halogens is 6. The van der Waals surface area contributed by atoms with Crippen LogP contribution in [0.15, 0.2) is 68.4 Å². The van der Waals surface area contributed by atoms with E-state index >= 15 is 0 Å². The normalized spacial score (nSPS) is 14.8. The maximum atomic E-state index is 12.2. The van der Waals surface area contributed by atoms with Gasteiger partial charge < -0.3 is 20.1 Å². The number of carbonyl (C=O) groups excluding carboxylic acids is 4. The van der Waals surface area contributed by atoms with Gasteiger partial charge in [-0.15, -0.1) is 34.9 Å². The van der Waals surface area contributed by atoms with Crippen LogP contribution in [0.4, 0.5) is 58.7 Å². The van der Waals surface area contributed by atoms with E-state index in [1.54, 1.807) is 26.0 Å². The molecule has 45 heavy (non-hydrogen) atoms. The first-order chi connectivity index (χ1) is 20.6. The van der Waals surface area contributed by atoms with Crippen molar-refractivity contribution >= 4 is 70.0 Å². The average Bonchev–Trinajstić information content (AvgIpc) is 3.50. The van der Waals surface area contributed by atoms with Crippen LogP contribution >= 0.6 is 23.5 Å². The molecule has 2 aliphatic heterocycles. The van der Waals surface area contributed by atoms with Crippen LogP contribution in [-0.2, 0) is 35.8 Å². The van der Waals surface area contributed by atoms with Crippen molar-refractivity contribution in [3.63, 3.8) is 0 Å². The quantitative estimate of drug-likeness (QED) is 0.223. The molecule has 0 saturated carbocycles. The third kappa shape index (κ3) is 11.2. The van der Waals surface area contributed by atoms with Crippen molar-refractivity contribution in [2.24, 2.45) is 0 Å². The molecule has 0 atom stereocenters. The predicted molar refractivity (Wildman–Crippen MR) is 150 cm³/mol. The number of fused-ring (bicyclic) bond motifs is 2. The summed E-state index contributed by atoms with van der Waals surface area (Å²) in [7, 11) is 0. The third-order valence-corrected chi connectivity index (χ3v) is 6.85. The Kier molecular flexibility index (Phi) is 13.3. The second-order valence-electron chi connectivity index (χ2n) is 8.17. The molecule has 0 spiro atoms. The summed E-state index contributed by atoms with van der Waals surface area (Å²) in [5.41, 5.74) is 1.70. The molecule has 10 nitrogen and oxygen atoms in total. The van der Waals surface area contributed by atoms with Crippen molar-refractivity contribution in [3.05, 3.63) is 69.2 Å². The van der Waals surface area contributed by atoms with Crippen LogP contribution in [0, 0.1) is 0 Å². The summed E-state index contributed by atoms with van der Waals surface area (Å²) in [6.45, 7) is 3.75. The number of ketones is 2. The molecule has 2 amide bonds. The van der Waals surface area contributed by atoms with Gasteiger partial charge in [0, 0.05) is 11.4 Å². The Bertz CT molecular complexity index is 1410. The minimum Gasteiger partial charge on any atom is -0.651 e. The zero-order valence-corrected chi connectivity index (χ0v) is 25.5. The molecule has 0 aromatic heterocycles. The second kappa shape index (κ2) is 16.0. The standard InChI is InChI=1S/2C13H11F3N2O3S.Co/c2*1-2-21-12(20)17-7-3-4-8-9(5-7)22-11(18-8)6-10(19)13(14,15)16;/h2*3-6H,2H2,1H3,(H2,17,18,19,20);/q;;+2/p-2. The van der Waals surface area contributed by atoms with Gasteiger partial charge in [-0.25, -0.2) is 9.59 Å². The van der Waals surface area contributed by atoms with Gasteiger partial charge in [-0.05, 0) is 60.1 Å². The van der Waals surface area contributed by atoms with E-state index in [0.29, 0.717) is 44.7 Å². The van der Waals surface area contributed by atoms with Gasteiger partial charge in [-0.3, -0.25) is 20.2 Å². The molecule has 0 aliphatic carbocycles. The number of hydrogen-bond donors (Lipinski definition) is 2. The molecule has 2 N–H and O–H groups in total. The molecule has 0 fully saturated rings. The fourth-order valence-electron chi connectivity index (χ4n) is 3.12. The molecule has 2 aliphatic rings. The predicted octanol–water partition coefficient (Wildman–Crippen LogP) is 8.67. The van der Waals surface area contributed by atoms with Gasteiger partial charge >= 0.3 is 41.3 Å². The Morgan fingerprint density at radius 1 is 0.711 bits per heavy atom. The fourth-order valence-corrected chi connectivity index (χ4v) is 5.00. The Labute approximate surface area is 270 Å². The Morgan fingerprint density at radius 3 is 1.38 bits per heavy atom. The van der Waals surface area contributed by atoms with Gasteiger partial charge in [-0.1, -0.05) is 22.2 Å². The Morgan fingerprint density at radius 2 is 1.07 bits per heavy atom. The molecule has 4 rings (SSSR count). The van der Waals surface area contributed by atoms with Crippen molar-refractivity contribution in [2.75, 3.05) is 23.8 Å². The summed E-state index contributed by atoms with van der Waals surface area (Å²) < 4.78 is 82.7. The first-order valence-corrected chi connectivity index (χ1v) is 13.8. The van der Waals surface area contributed by atoms with Gasteiger partial charge in [0.2, 0.25) is 0 Å². The molecule has 0 saturated heterocycles. The molecule has 0 unspecified atom stereocenters. The molecular weight excluding hydrogens is 701 g/mol. The first-order valence-electron chi connectivity index (χ1n) is 12.2. The van der Waals surface area contributed by atoms with E-state index in [-0.39, 0.29) is 40.1 Å². The smallest absolute Gasteiger partial charge is 0.651 e. The SMILES string of the molecule is CCOC(=O)Nc1ccc2c(c1)S/C(=C/C(=O)C(F)(F)F)[N-]2.CCOC(=O)Nc1ccc2c(c1)S/C(=C/C(=O)C(F)(F)F)[N-]2.[Co+2]. The van der Waals surface area contributed by atoms with Crippen molar-refractivity contribution < 1.29 is 71.8 Å². The van der Waals surface area contributed by atoms with Crippen LogP contribution < -0.4 is 10.6 Å². The summed E-state index contributed by atoms with van der Waals surface area (Å²) in [4.78, 5) is 45.5. The number of thioether (sulfide) groups is 2. The number of benzene rings is 2. The minimum atomic E-state index is -4.92. The number of ether oxygens (including phenoxy) is 2. The number of alkyl halides is 6. The van der Waals surface area contributed by atoms with Crippen molar-refractivity contribution in [3.8, 4) is 0 Å². The van der Waals surface area contributed by atoms with E-state index in [9.17, 15) is 45.5 Å². The second-order valence-corrected chi connectivity index (χ2v) is 10.3. The van der Waals surface area contributed by atoms with Crippen LogP contribution in [0.1, 0.15) is 13.8 Å². The third-order valence-electron chi connectivity index (χ3n) is 4.92. The summed E-state index contributed by atoms with van der Waals surface area (Å²) >= 11 is 1.83. The van der Waals surface area contributed by atoms with E-state index in [2.05, 4.69) is 21.3 Å². The van der Waals surface area contributed by atoms with E-state index in [1.165, 1.54) is 24.3 Å². The molecular formula is C26H20CoF6N4O6S2. The summed E-state index contributed by atoms with van der Waals surface area (Å²) in [5.74, 6) is -3.92. The monoisotopic (exact) mass is 721 g/mol. The van der Waals surface area contributed by atoms with Gasteiger partial charge in [0.25, 0.3) is 11.6 Å². The zero-order valence-electron chi connectivity index (χ0n) is 22.8. The Hall–Kier alpha value is -3.81. The fraction of sp³-hybridized carbons (Fsp3) is 0.231. The average molecular weight is 722 g/mol. The molecule has 0 bridgehead atoms. The van der Waals surface area contributed by atoms with Gasteiger partial charge in [-0.2, -0.15) is 26.3 Å². The topological polar surface area (TPSA) is 139 Å². The number of nitrogens with one attached hydrogen (secondary N) is 2. The van der Waals surface area contributed by atoms with Gasteiger partial charge in [0.05, 0.1) is 13.2 Å². The van der Waals surface area contributed by atoms with Crippen LogP contribution in [0.5, 0.6) is 0 Å². The number of amides is 2. The minimum absolute atomic E-state index is 0. The van der Waals surface area contributed by atoms with E-state index < -0.39 is 36.1 Å². The van der Waals surface area contributed by atoms with Gasteiger partial charge in [0.15, 0.2) is 0 Å². The number of hydrogen-bond acceptors (Lipinski definition) is 8. The molecule has 2 aromatic rings. The molecule has 2 heterocycles. The molecule has 243 valence electrons. The number of allylic oxidation sites excluding steroid dienone is 2. The summed E-state index contributed by atoms with van der Waals surface area (Å²) in [6.07, 6.45) is -10.2. The first kappa shape index (κ1) is 37.4. The van der Waals surface area contributed by atoms with Crippen LogP contribution in [-0.4, -0.2) is 49.3 Å².